The second kappa shape index (κ2) is 5.85. The molecule has 3 nitrogen and oxygen atoms in total. The van der Waals surface area contributed by atoms with Gasteiger partial charge in [0, 0.05) is 16.4 Å². The summed E-state index contributed by atoms with van der Waals surface area (Å²) >= 11 is 3.46. The highest BCUT2D eigenvalue weighted by molar-refractivity contribution is 9.10. The van der Waals surface area contributed by atoms with Crippen LogP contribution in [-0.4, -0.2) is 11.9 Å². The second-order valence-corrected chi connectivity index (χ2v) is 5.94. The molecule has 0 spiro atoms. The summed E-state index contributed by atoms with van der Waals surface area (Å²) in [6.45, 7) is 2.02. The zero-order valence-corrected chi connectivity index (χ0v) is 12.2. The van der Waals surface area contributed by atoms with Crippen molar-refractivity contribution < 1.29 is 4.79 Å². The third kappa shape index (κ3) is 3.33. The van der Waals surface area contributed by atoms with Gasteiger partial charge in [-0.3, -0.25) is 4.79 Å². The highest BCUT2D eigenvalue weighted by atomic mass is 79.9. The van der Waals surface area contributed by atoms with Crippen LogP contribution in [0.4, 0.5) is 5.69 Å². The lowest BCUT2D eigenvalue weighted by atomic mass is 9.86. The van der Waals surface area contributed by atoms with Gasteiger partial charge in [-0.2, -0.15) is 0 Å². The number of rotatable bonds is 2. The minimum atomic E-state index is 0.109. The smallest absolute Gasteiger partial charge is 0.227 e. The van der Waals surface area contributed by atoms with E-state index in [9.17, 15) is 4.79 Å². The number of halogens is 1. The molecule has 18 heavy (non-hydrogen) atoms. The predicted molar refractivity (Wildman–Crippen MR) is 77.4 cm³/mol. The van der Waals surface area contributed by atoms with Crippen LogP contribution in [0.1, 0.15) is 31.2 Å². The average Bonchev–Trinajstić information content (AvgIpc) is 2.34. The minimum Gasteiger partial charge on any atom is -0.328 e. The van der Waals surface area contributed by atoms with E-state index in [1.807, 2.05) is 25.1 Å². The molecule has 0 bridgehead atoms. The number of carbonyl (C=O) groups is 1. The van der Waals surface area contributed by atoms with Crippen molar-refractivity contribution in [2.45, 2.75) is 38.6 Å². The Morgan fingerprint density at radius 3 is 2.67 bits per heavy atom. The Bertz CT molecular complexity index is 439. The standard InChI is InChI=1S/C14H19BrN2O/c1-9-2-7-12(15)13(8-9)17-14(18)10-3-5-11(16)6-4-10/h2,7-8,10-11H,3-6,16H2,1H3,(H,17,18). The summed E-state index contributed by atoms with van der Waals surface area (Å²) in [6, 6.07) is 6.23. The van der Waals surface area contributed by atoms with Gasteiger partial charge in [0.2, 0.25) is 5.91 Å². The zero-order valence-electron chi connectivity index (χ0n) is 10.6. The molecule has 4 heteroatoms. The third-order valence-electron chi connectivity index (χ3n) is 3.52. The van der Waals surface area contributed by atoms with E-state index in [1.165, 1.54) is 0 Å². The van der Waals surface area contributed by atoms with Crippen LogP contribution < -0.4 is 11.1 Å². The molecule has 0 radical (unpaired) electrons. The second-order valence-electron chi connectivity index (χ2n) is 5.08. The first kappa shape index (κ1) is 13.6. The molecule has 1 amide bonds. The largest absolute Gasteiger partial charge is 0.328 e. The lowest BCUT2D eigenvalue weighted by Gasteiger charge is -2.25. The first-order valence-electron chi connectivity index (χ1n) is 6.39. The molecule has 0 heterocycles. The normalized spacial score (nSPS) is 23.7. The number of carbonyl (C=O) groups excluding carboxylic acids is 1. The molecule has 1 aromatic rings. The summed E-state index contributed by atoms with van der Waals surface area (Å²) in [5.41, 5.74) is 7.85. The fraction of sp³-hybridized carbons (Fsp3) is 0.500. The molecule has 1 aromatic carbocycles. The molecule has 0 saturated heterocycles. The van der Waals surface area contributed by atoms with Gasteiger partial charge in [-0.25, -0.2) is 0 Å². The fourth-order valence-electron chi connectivity index (χ4n) is 2.35. The van der Waals surface area contributed by atoms with E-state index in [-0.39, 0.29) is 17.9 Å². The molecule has 0 aliphatic heterocycles. The summed E-state index contributed by atoms with van der Waals surface area (Å²) in [5.74, 6) is 0.227. The minimum absolute atomic E-state index is 0.109. The zero-order chi connectivity index (χ0) is 13.1. The molecule has 1 fully saturated rings. The lowest BCUT2D eigenvalue weighted by Crippen LogP contribution is -2.32. The van der Waals surface area contributed by atoms with Crippen molar-refractivity contribution in [3.63, 3.8) is 0 Å². The molecule has 3 N–H and O–H groups in total. The van der Waals surface area contributed by atoms with Crippen molar-refractivity contribution in [2.24, 2.45) is 11.7 Å². The summed E-state index contributed by atoms with van der Waals surface area (Å²) in [5, 5.41) is 3.01. The van der Waals surface area contributed by atoms with Gasteiger partial charge in [0.25, 0.3) is 0 Å². The number of nitrogens with two attached hydrogens (primary N) is 1. The Kier molecular flexibility index (Phi) is 4.40. The SMILES string of the molecule is Cc1ccc(Br)c(NC(=O)C2CCC(N)CC2)c1. The van der Waals surface area contributed by atoms with Crippen LogP contribution in [0.2, 0.25) is 0 Å². The van der Waals surface area contributed by atoms with E-state index < -0.39 is 0 Å². The number of aryl methyl sites for hydroxylation is 1. The van der Waals surface area contributed by atoms with E-state index in [4.69, 9.17) is 5.73 Å². The number of amides is 1. The third-order valence-corrected chi connectivity index (χ3v) is 4.21. The van der Waals surface area contributed by atoms with Crippen molar-refractivity contribution >= 4 is 27.5 Å². The van der Waals surface area contributed by atoms with Crippen molar-refractivity contribution in [3.05, 3.63) is 28.2 Å². The average molecular weight is 311 g/mol. The van der Waals surface area contributed by atoms with E-state index in [1.54, 1.807) is 0 Å². The monoisotopic (exact) mass is 310 g/mol. The molecule has 2 rings (SSSR count). The maximum Gasteiger partial charge on any atom is 0.227 e. The van der Waals surface area contributed by atoms with Crippen LogP contribution in [0.25, 0.3) is 0 Å². The molecule has 1 aliphatic rings. The van der Waals surface area contributed by atoms with Crippen LogP contribution in [0.15, 0.2) is 22.7 Å². The van der Waals surface area contributed by atoms with Crippen LogP contribution in [-0.2, 0) is 4.79 Å². The molecule has 1 saturated carbocycles. The summed E-state index contributed by atoms with van der Waals surface area (Å²) in [6.07, 6.45) is 3.70. The number of nitrogens with one attached hydrogen (secondary N) is 1. The van der Waals surface area contributed by atoms with Gasteiger partial charge in [0.1, 0.15) is 0 Å². The Labute approximate surface area is 116 Å². The predicted octanol–water partition coefficient (Wildman–Crippen LogP) is 3.21. The van der Waals surface area contributed by atoms with Crippen LogP contribution >= 0.6 is 15.9 Å². The summed E-state index contributed by atoms with van der Waals surface area (Å²) < 4.78 is 0.925. The Morgan fingerprint density at radius 2 is 2.00 bits per heavy atom. The first-order valence-corrected chi connectivity index (χ1v) is 7.18. The molecule has 1 aliphatic carbocycles. The van der Waals surface area contributed by atoms with Gasteiger partial charge in [-0.1, -0.05) is 6.07 Å². The van der Waals surface area contributed by atoms with E-state index in [0.29, 0.717) is 0 Å². The van der Waals surface area contributed by atoms with Gasteiger partial charge in [-0.15, -0.1) is 0 Å². The van der Waals surface area contributed by atoms with Gasteiger partial charge in [0.05, 0.1) is 5.69 Å². The Hall–Kier alpha value is -0.870. The number of hydrogen-bond donors (Lipinski definition) is 2. The Morgan fingerprint density at radius 1 is 1.33 bits per heavy atom. The number of hydrogen-bond acceptors (Lipinski definition) is 2. The van der Waals surface area contributed by atoms with Crippen molar-refractivity contribution in [1.82, 2.24) is 0 Å². The van der Waals surface area contributed by atoms with Gasteiger partial charge < -0.3 is 11.1 Å². The van der Waals surface area contributed by atoms with Gasteiger partial charge in [-0.05, 0) is 66.2 Å². The van der Waals surface area contributed by atoms with Crippen molar-refractivity contribution in [1.29, 1.82) is 0 Å². The fourth-order valence-corrected chi connectivity index (χ4v) is 2.70. The molecular weight excluding hydrogens is 292 g/mol. The summed E-state index contributed by atoms with van der Waals surface area (Å²) in [7, 11) is 0. The van der Waals surface area contributed by atoms with E-state index in [0.717, 1.165) is 41.4 Å². The molecule has 98 valence electrons. The van der Waals surface area contributed by atoms with E-state index >= 15 is 0 Å². The van der Waals surface area contributed by atoms with Gasteiger partial charge >= 0.3 is 0 Å². The van der Waals surface area contributed by atoms with Crippen molar-refractivity contribution in [2.75, 3.05) is 5.32 Å². The number of anilines is 1. The molecule has 0 unspecified atom stereocenters. The van der Waals surface area contributed by atoms with E-state index in [2.05, 4.69) is 21.2 Å². The molecule has 0 aromatic heterocycles. The summed E-state index contributed by atoms with van der Waals surface area (Å²) in [4.78, 5) is 12.2. The van der Waals surface area contributed by atoms with Crippen LogP contribution in [0.5, 0.6) is 0 Å². The number of benzene rings is 1. The highest BCUT2D eigenvalue weighted by Gasteiger charge is 2.24. The van der Waals surface area contributed by atoms with Crippen LogP contribution in [0.3, 0.4) is 0 Å². The maximum atomic E-state index is 12.2. The first-order chi connectivity index (χ1) is 8.56. The lowest BCUT2D eigenvalue weighted by molar-refractivity contribution is -0.120. The Balaban J connectivity index is 2.00. The topological polar surface area (TPSA) is 55.1 Å². The molecular formula is C14H19BrN2O. The van der Waals surface area contributed by atoms with Crippen LogP contribution in [0, 0.1) is 12.8 Å². The quantitative estimate of drug-likeness (QED) is 0.881. The maximum absolute atomic E-state index is 12.2. The highest BCUT2D eigenvalue weighted by Crippen LogP contribution is 2.27. The molecule has 0 atom stereocenters. The van der Waals surface area contributed by atoms with Gasteiger partial charge in [0.15, 0.2) is 0 Å². The van der Waals surface area contributed by atoms with Crippen molar-refractivity contribution in [3.8, 4) is 0 Å².